The van der Waals surface area contributed by atoms with E-state index in [9.17, 15) is 4.79 Å². The van der Waals surface area contributed by atoms with Crippen LogP contribution in [0.1, 0.15) is 16.1 Å². The van der Waals surface area contributed by atoms with E-state index in [1.807, 2.05) is 66.9 Å². The van der Waals surface area contributed by atoms with E-state index in [-0.39, 0.29) is 29.9 Å². The lowest BCUT2D eigenvalue weighted by atomic mass is 10.0. The van der Waals surface area contributed by atoms with Gasteiger partial charge in [-0.05, 0) is 34.9 Å². The first-order valence-electron chi connectivity index (χ1n) is 11.1. The number of fused-ring (bicyclic) bond motifs is 2. The Balaban J connectivity index is 0.00000304. The van der Waals surface area contributed by atoms with Gasteiger partial charge in [0.15, 0.2) is 23.3 Å². The second-order valence-corrected chi connectivity index (χ2v) is 8.09. The summed E-state index contributed by atoms with van der Waals surface area (Å²) >= 11 is 0. The molecule has 2 heterocycles. The number of benzene rings is 3. The number of nitrogens with zero attached hydrogens (tertiary/aromatic N) is 3. The molecule has 3 aromatic carbocycles. The number of guanidine groups is 1. The van der Waals surface area contributed by atoms with Crippen molar-refractivity contribution in [3.8, 4) is 11.3 Å². The van der Waals surface area contributed by atoms with Crippen LogP contribution in [0, 0.1) is 0 Å². The summed E-state index contributed by atoms with van der Waals surface area (Å²) in [5, 5.41) is 6.64. The minimum absolute atomic E-state index is 0. The highest BCUT2D eigenvalue weighted by molar-refractivity contribution is 6.04. The number of halogens is 1. The summed E-state index contributed by atoms with van der Waals surface area (Å²) in [5.74, 6) is -0.704. The fraction of sp³-hybridized carbons (Fsp3) is 0.0769. The summed E-state index contributed by atoms with van der Waals surface area (Å²) in [4.78, 5) is 28.4. The van der Waals surface area contributed by atoms with E-state index in [2.05, 4.69) is 31.3 Å². The van der Waals surface area contributed by atoms with Crippen LogP contribution in [0.4, 0.5) is 11.6 Å². The lowest BCUT2D eigenvalue weighted by molar-refractivity contribution is 0.0998. The Morgan fingerprint density at radius 2 is 1.72 bits per heavy atom. The average Bonchev–Trinajstić information content (AvgIpc) is 3.26. The summed E-state index contributed by atoms with van der Waals surface area (Å²) in [6.07, 6.45) is 2.76. The number of aromatic nitrogens is 3. The first-order chi connectivity index (χ1) is 17.0. The maximum Gasteiger partial charge on any atom is 0.302 e. The van der Waals surface area contributed by atoms with Crippen LogP contribution in [0.2, 0.25) is 0 Å². The van der Waals surface area contributed by atoms with Crippen LogP contribution in [0.3, 0.4) is 0 Å². The van der Waals surface area contributed by atoms with Gasteiger partial charge in [-0.25, -0.2) is 9.97 Å². The number of nitrogen functional groups attached to an aromatic ring is 1. The van der Waals surface area contributed by atoms with E-state index in [1.54, 1.807) is 0 Å². The molecule has 0 atom stereocenters. The number of nitrogens with one attached hydrogen (secondary N) is 2. The summed E-state index contributed by atoms with van der Waals surface area (Å²) in [5.41, 5.74) is 20.3. The van der Waals surface area contributed by atoms with Gasteiger partial charge in [0, 0.05) is 29.2 Å². The highest BCUT2D eigenvalue weighted by Gasteiger charge is 2.19. The third kappa shape index (κ3) is 4.91. The Kier molecular flexibility index (Phi) is 7.03. The molecule has 1 amide bonds. The Hall–Kier alpha value is -4.63. The van der Waals surface area contributed by atoms with E-state index in [1.165, 1.54) is 10.9 Å². The standard InChI is InChI=1S/C26H24N8O.ClH/c27-23-22(25(35)34-26(28)29)32-21(17-10-9-15-5-1-2-6-16(15)13-17)24(33-23)30-12-11-18-14-31-20-8-4-3-7-19(18)20;/h1-10,13-14,31H,11-12H2,(H3,27,30,33)(H4,28,29,34,35);1H. The highest BCUT2D eigenvalue weighted by Crippen LogP contribution is 2.30. The number of nitrogens with two attached hydrogens (primary N) is 3. The van der Waals surface area contributed by atoms with Gasteiger partial charge in [-0.3, -0.25) is 4.79 Å². The first kappa shape index (κ1) is 24.5. The van der Waals surface area contributed by atoms with Gasteiger partial charge in [0.2, 0.25) is 0 Å². The zero-order chi connectivity index (χ0) is 24.4. The number of carbonyl (C=O) groups excluding carboxylic acids is 1. The van der Waals surface area contributed by atoms with Crippen molar-refractivity contribution < 1.29 is 4.79 Å². The maximum atomic E-state index is 12.5. The molecule has 0 saturated carbocycles. The molecule has 0 aliphatic rings. The number of carbonyl (C=O) groups is 1. The lowest BCUT2D eigenvalue weighted by Crippen LogP contribution is -2.25. The van der Waals surface area contributed by atoms with Crippen molar-refractivity contribution in [3.63, 3.8) is 0 Å². The topological polar surface area (TPSA) is 161 Å². The molecule has 5 rings (SSSR count). The SMILES string of the molecule is Cl.NC(N)=NC(=O)c1nc(-c2ccc3ccccc3c2)c(NCCc2c[nH]c3ccccc23)nc1N. The largest absolute Gasteiger partial charge is 0.382 e. The molecule has 36 heavy (non-hydrogen) atoms. The van der Waals surface area contributed by atoms with Gasteiger partial charge in [-0.15, -0.1) is 12.4 Å². The molecular formula is C26H25ClN8O. The Bertz CT molecular complexity index is 1590. The molecule has 9 nitrogen and oxygen atoms in total. The molecule has 0 bridgehead atoms. The Morgan fingerprint density at radius 3 is 2.53 bits per heavy atom. The van der Waals surface area contributed by atoms with Crippen LogP contribution in [-0.4, -0.2) is 33.4 Å². The molecule has 0 fully saturated rings. The molecule has 0 radical (unpaired) electrons. The number of hydrogen-bond donors (Lipinski definition) is 5. The van der Waals surface area contributed by atoms with Crippen molar-refractivity contribution in [2.75, 3.05) is 17.6 Å². The number of amides is 1. The van der Waals surface area contributed by atoms with Gasteiger partial charge >= 0.3 is 5.91 Å². The minimum Gasteiger partial charge on any atom is -0.382 e. The monoisotopic (exact) mass is 500 g/mol. The van der Waals surface area contributed by atoms with Crippen molar-refractivity contribution in [2.45, 2.75) is 6.42 Å². The van der Waals surface area contributed by atoms with E-state index in [0.717, 1.165) is 28.3 Å². The third-order valence-corrected chi connectivity index (χ3v) is 5.74. The molecule has 0 unspecified atom stereocenters. The van der Waals surface area contributed by atoms with Crippen molar-refractivity contribution in [1.82, 2.24) is 15.0 Å². The number of hydrogen-bond acceptors (Lipinski definition) is 5. The van der Waals surface area contributed by atoms with Gasteiger partial charge < -0.3 is 27.5 Å². The van der Waals surface area contributed by atoms with Gasteiger partial charge in [0.25, 0.3) is 0 Å². The number of aromatic amines is 1. The summed E-state index contributed by atoms with van der Waals surface area (Å²) < 4.78 is 0. The fourth-order valence-electron chi connectivity index (χ4n) is 4.09. The smallest absolute Gasteiger partial charge is 0.302 e. The summed E-state index contributed by atoms with van der Waals surface area (Å²) in [7, 11) is 0. The van der Waals surface area contributed by atoms with Crippen molar-refractivity contribution in [2.24, 2.45) is 16.5 Å². The Labute approximate surface area is 213 Å². The lowest BCUT2D eigenvalue weighted by Gasteiger charge is -2.14. The normalized spacial score (nSPS) is 10.7. The van der Waals surface area contributed by atoms with Crippen LogP contribution < -0.4 is 22.5 Å². The Morgan fingerprint density at radius 1 is 0.972 bits per heavy atom. The second-order valence-electron chi connectivity index (χ2n) is 8.09. The van der Waals surface area contributed by atoms with Crippen molar-refractivity contribution in [1.29, 1.82) is 0 Å². The van der Waals surface area contributed by atoms with Crippen molar-refractivity contribution in [3.05, 3.63) is 84.2 Å². The molecule has 0 aliphatic carbocycles. The van der Waals surface area contributed by atoms with E-state index >= 15 is 0 Å². The van der Waals surface area contributed by atoms with E-state index < -0.39 is 5.91 Å². The van der Waals surface area contributed by atoms with Crippen LogP contribution in [-0.2, 0) is 6.42 Å². The molecule has 8 N–H and O–H groups in total. The highest BCUT2D eigenvalue weighted by atomic mass is 35.5. The quantitative estimate of drug-likeness (QED) is 0.175. The minimum atomic E-state index is -0.748. The zero-order valence-corrected chi connectivity index (χ0v) is 20.0. The summed E-state index contributed by atoms with van der Waals surface area (Å²) in [6, 6.07) is 22.1. The predicted molar refractivity (Wildman–Crippen MR) is 147 cm³/mol. The van der Waals surface area contributed by atoms with E-state index in [4.69, 9.17) is 17.2 Å². The van der Waals surface area contributed by atoms with E-state index in [0.29, 0.717) is 18.1 Å². The number of H-pyrrole nitrogens is 1. The van der Waals surface area contributed by atoms with Crippen molar-refractivity contribution >= 4 is 57.6 Å². The average molecular weight is 501 g/mol. The molecule has 10 heteroatoms. The fourth-order valence-corrected chi connectivity index (χ4v) is 4.09. The van der Waals surface area contributed by atoms with Crippen LogP contribution in [0.5, 0.6) is 0 Å². The van der Waals surface area contributed by atoms with Crippen LogP contribution in [0.15, 0.2) is 77.9 Å². The van der Waals surface area contributed by atoms with Gasteiger partial charge in [-0.1, -0.05) is 54.6 Å². The van der Waals surface area contributed by atoms with Crippen LogP contribution >= 0.6 is 12.4 Å². The van der Waals surface area contributed by atoms with Gasteiger partial charge in [0.05, 0.1) is 0 Å². The molecular weight excluding hydrogens is 476 g/mol. The van der Waals surface area contributed by atoms with Gasteiger partial charge in [0.1, 0.15) is 5.69 Å². The number of anilines is 2. The third-order valence-electron chi connectivity index (χ3n) is 5.74. The zero-order valence-electron chi connectivity index (χ0n) is 19.2. The molecule has 5 aromatic rings. The number of rotatable bonds is 6. The molecule has 0 aliphatic heterocycles. The molecule has 2 aromatic heterocycles. The first-order valence-corrected chi connectivity index (χ1v) is 11.1. The van der Waals surface area contributed by atoms with Crippen LogP contribution in [0.25, 0.3) is 32.9 Å². The molecule has 0 saturated heterocycles. The molecule has 182 valence electrons. The maximum absolute atomic E-state index is 12.5. The number of aliphatic imine (C=N–C) groups is 1. The predicted octanol–water partition coefficient (Wildman–Crippen LogP) is 3.85. The second kappa shape index (κ2) is 10.3. The summed E-state index contributed by atoms with van der Waals surface area (Å²) in [6.45, 7) is 0.581. The molecule has 0 spiro atoms. The van der Waals surface area contributed by atoms with Gasteiger partial charge in [-0.2, -0.15) is 4.99 Å². The number of para-hydroxylation sites is 1.